The van der Waals surface area contributed by atoms with Crippen molar-refractivity contribution in [1.29, 1.82) is 0 Å². The van der Waals surface area contributed by atoms with Crippen LogP contribution in [0.5, 0.6) is 0 Å². The van der Waals surface area contributed by atoms with E-state index in [9.17, 15) is 12.3 Å². The molecule has 0 saturated carbocycles. The number of furan rings is 1. The Labute approximate surface area is 321 Å². The van der Waals surface area contributed by atoms with Gasteiger partial charge in [-0.2, -0.15) is 0 Å². The summed E-state index contributed by atoms with van der Waals surface area (Å²) in [5.41, 5.74) is -9.82. The summed E-state index contributed by atoms with van der Waals surface area (Å²) in [4.78, 5) is 0. The number of hydrogen-bond donors (Lipinski definition) is 1. The summed E-state index contributed by atoms with van der Waals surface area (Å²) in [6.07, 6.45) is 0. The van der Waals surface area contributed by atoms with E-state index in [1.54, 1.807) is 0 Å². The van der Waals surface area contributed by atoms with Gasteiger partial charge in [0.1, 0.15) is 11.2 Å². The van der Waals surface area contributed by atoms with Crippen molar-refractivity contribution in [1.82, 2.24) is 0 Å². The summed E-state index contributed by atoms with van der Waals surface area (Å²) in [6.45, 7) is 0. The highest BCUT2D eigenvalue weighted by molar-refractivity contribution is 6.19. The van der Waals surface area contributed by atoms with Gasteiger partial charge in [-0.15, -0.1) is 0 Å². The van der Waals surface area contributed by atoms with Crippen LogP contribution in [0, 0.1) is 0 Å². The summed E-state index contributed by atoms with van der Waals surface area (Å²) < 4.78 is 271. The Morgan fingerprint density at radius 2 is 1.02 bits per heavy atom. The zero-order valence-corrected chi connectivity index (χ0v) is 23.9. The first kappa shape index (κ1) is 10.8. The molecule has 2 heteroatoms. The van der Waals surface area contributed by atoms with E-state index in [2.05, 4.69) is 5.32 Å². The van der Waals surface area contributed by atoms with Crippen LogP contribution in [-0.2, 0) is 0 Å². The van der Waals surface area contributed by atoms with Gasteiger partial charge in [0.15, 0.2) is 0 Å². The van der Waals surface area contributed by atoms with Crippen LogP contribution < -0.4 is 5.32 Å². The molecule has 0 bridgehead atoms. The van der Waals surface area contributed by atoms with Crippen LogP contribution in [0.3, 0.4) is 0 Å². The number of anilines is 2. The highest BCUT2D eigenvalue weighted by Crippen LogP contribution is 2.42. The van der Waals surface area contributed by atoms with Crippen molar-refractivity contribution in [3.8, 4) is 44.5 Å². The molecule has 0 aliphatic heterocycles. The molecule has 1 N–H and O–H groups in total. The van der Waals surface area contributed by atoms with Crippen molar-refractivity contribution in [2.45, 2.75) is 0 Å². The predicted octanol–water partition coefficient (Wildman–Crippen LogP) is 13.2. The summed E-state index contributed by atoms with van der Waals surface area (Å²) in [5, 5.41) is 0.442. The lowest BCUT2D eigenvalue weighted by Crippen LogP contribution is -1.95. The van der Waals surface area contributed by atoms with Gasteiger partial charge in [-0.3, -0.25) is 0 Å². The molecule has 0 fully saturated rings. The van der Waals surface area contributed by atoms with Gasteiger partial charge in [-0.05, 0) is 74.5 Å². The van der Waals surface area contributed by atoms with Crippen LogP contribution in [0.4, 0.5) is 11.4 Å². The Kier molecular flexibility index (Phi) is 2.66. The van der Waals surface area contributed by atoms with Gasteiger partial charge in [-0.25, -0.2) is 0 Å². The van der Waals surface area contributed by atoms with Crippen LogP contribution in [0.25, 0.3) is 77.2 Å². The van der Waals surface area contributed by atoms with Crippen molar-refractivity contribution < 1.29 is 45.5 Å². The molecule has 48 heavy (non-hydrogen) atoms. The standard InChI is InChI=1S/C46H31NO/c1-3-10-31(11-4-1)33-18-20-36(21-19-33)39-28-25-37(30-43(39)47-38-26-22-34(23-27-38)32-12-5-2-6-13-32)40-16-9-17-44-45(40)42-29-24-35-14-7-8-15-41(35)46(42)48-44/h1-30,47H/i1D,2D,3D,4D,5D,6D,7D,8D,9D,10D,11D,12D,13D,14D,15D,16D,17D,18D,19D,20D,21D,22D,23D,24D,25D,26D,27D,28D,29D,30D. The van der Waals surface area contributed by atoms with Crippen LogP contribution in [0.2, 0.25) is 0 Å². The van der Waals surface area contributed by atoms with Crippen molar-refractivity contribution >= 4 is 44.1 Å². The molecule has 0 aliphatic carbocycles. The van der Waals surface area contributed by atoms with Gasteiger partial charge in [0.2, 0.25) is 0 Å². The molecule has 0 radical (unpaired) electrons. The summed E-state index contributed by atoms with van der Waals surface area (Å²) >= 11 is 0. The molecular formula is C46H31NO. The van der Waals surface area contributed by atoms with E-state index >= 15 is 0 Å². The van der Waals surface area contributed by atoms with E-state index in [-0.39, 0.29) is 0 Å². The molecule has 0 unspecified atom stereocenters. The minimum absolute atomic E-state index is 0.474. The Morgan fingerprint density at radius 1 is 0.417 bits per heavy atom. The lowest BCUT2D eigenvalue weighted by atomic mass is 9.94. The van der Waals surface area contributed by atoms with Crippen LogP contribution in [0.15, 0.2) is 186 Å². The predicted molar refractivity (Wildman–Crippen MR) is 203 cm³/mol. The molecule has 1 aromatic heterocycles. The Morgan fingerprint density at radius 3 is 1.75 bits per heavy atom. The fourth-order valence-electron chi connectivity index (χ4n) is 4.91. The fraction of sp³-hybridized carbons (Fsp3) is 0. The minimum atomic E-state index is -1.17. The van der Waals surface area contributed by atoms with E-state index in [0.29, 0.717) is 0 Å². The van der Waals surface area contributed by atoms with Crippen molar-refractivity contribution in [2.75, 3.05) is 5.32 Å². The lowest BCUT2D eigenvalue weighted by Gasteiger charge is -2.16. The van der Waals surface area contributed by atoms with E-state index in [1.807, 2.05) is 0 Å². The SMILES string of the molecule is [2H]c1c([2H])c([2H])c(-c2c([2H])c([2H])c(Nc3c([2H])c(-c4c([2H])c([2H])c([2H])c5oc6c7c([2H])c([2H])c([2H])c([2H])c7c([2H])c([2H])c6c45)c([2H])c([2H])c3-c3c([2H])c([2H])c(-c4c([2H])c([2H])c([2H])c([2H])c4[2H])c([2H])c3[2H])c([2H])c2[2H])c([2H])c1[2H]. The van der Waals surface area contributed by atoms with Crippen LogP contribution in [0.1, 0.15) is 41.1 Å². The lowest BCUT2D eigenvalue weighted by molar-refractivity contribution is 0.673. The molecule has 0 saturated heterocycles. The van der Waals surface area contributed by atoms with Gasteiger partial charge in [0, 0.05) is 33.1 Å². The molecule has 9 rings (SSSR count). The second-order valence-electron chi connectivity index (χ2n) is 9.89. The highest BCUT2D eigenvalue weighted by atomic mass is 16.3. The van der Waals surface area contributed by atoms with Gasteiger partial charge < -0.3 is 9.73 Å². The van der Waals surface area contributed by atoms with Crippen molar-refractivity contribution in [3.63, 3.8) is 0 Å². The first-order valence-electron chi connectivity index (χ1n) is 28.9. The second kappa shape index (κ2) is 11.8. The van der Waals surface area contributed by atoms with Crippen LogP contribution >= 0.6 is 0 Å². The summed E-state index contributed by atoms with van der Waals surface area (Å²) in [6, 6.07) is -28.8. The second-order valence-corrected chi connectivity index (χ2v) is 9.89. The van der Waals surface area contributed by atoms with E-state index in [0.717, 1.165) is 0 Å². The largest absolute Gasteiger partial charge is 0.455 e. The fourth-order valence-corrected chi connectivity index (χ4v) is 4.91. The zero-order chi connectivity index (χ0) is 58.0. The van der Waals surface area contributed by atoms with E-state index < -0.39 is 270 Å². The number of hydrogen-bond acceptors (Lipinski definition) is 2. The maximum atomic E-state index is 9.93. The number of fused-ring (bicyclic) bond motifs is 5. The zero-order valence-electron chi connectivity index (χ0n) is 53.9. The van der Waals surface area contributed by atoms with E-state index in [1.165, 1.54) is 0 Å². The molecule has 1 heterocycles. The average molecular weight is 644 g/mol. The maximum Gasteiger partial charge on any atom is 0.143 e. The minimum Gasteiger partial charge on any atom is -0.455 e. The number of rotatable bonds is 6. The Balaban J connectivity index is 1.46. The third-order valence-corrected chi connectivity index (χ3v) is 7.06. The maximum absolute atomic E-state index is 9.93. The highest BCUT2D eigenvalue weighted by Gasteiger charge is 2.16. The third-order valence-electron chi connectivity index (χ3n) is 7.06. The summed E-state index contributed by atoms with van der Waals surface area (Å²) in [7, 11) is 0. The molecule has 9 aromatic rings. The third kappa shape index (κ3) is 5.01. The molecule has 0 amide bonds. The topological polar surface area (TPSA) is 25.2 Å². The van der Waals surface area contributed by atoms with Gasteiger partial charge in [0.05, 0.1) is 41.1 Å². The number of nitrogens with one attached hydrogen (secondary N) is 1. The molecule has 0 atom stereocenters. The first-order valence-corrected chi connectivity index (χ1v) is 13.9. The molecule has 2 nitrogen and oxygen atoms in total. The van der Waals surface area contributed by atoms with Gasteiger partial charge in [-0.1, -0.05) is 151 Å². The quantitative estimate of drug-likeness (QED) is 0.195. The van der Waals surface area contributed by atoms with Crippen LogP contribution in [-0.4, -0.2) is 0 Å². The number of benzene rings is 8. The Hall–Kier alpha value is -6.38. The Bertz CT molecular complexity index is 4180. The molecule has 0 aliphatic rings. The van der Waals surface area contributed by atoms with Gasteiger partial charge in [0.25, 0.3) is 0 Å². The van der Waals surface area contributed by atoms with Crippen molar-refractivity contribution in [3.05, 3.63) is 181 Å². The summed E-state index contributed by atoms with van der Waals surface area (Å²) in [5.74, 6) is 0. The molecule has 226 valence electrons. The first-order chi connectivity index (χ1) is 36.3. The molecule has 8 aromatic carbocycles. The molecular weight excluding hydrogens is 583 g/mol. The monoisotopic (exact) mass is 643 g/mol. The van der Waals surface area contributed by atoms with Gasteiger partial charge >= 0.3 is 0 Å². The average Bonchev–Trinajstić information content (AvgIpc) is 3.81. The normalized spacial score (nSPS) is 20.1. The van der Waals surface area contributed by atoms with Crippen molar-refractivity contribution in [2.24, 2.45) is 0 Å². The van der Waals surface area contributed by atoms with E-state index in [4.69, 9.17) is 33.2 Å². The molecule has 0 spiro atoms. The smallest absolute Gasteiger partial charge is 0.143 e.